The monoisotopic (exact) mass is 343 g/mol. The maximum atomic E-state index is 12.8. The Hall–Kier alpha value is -2.32. The first-order valence-electron chi connectivity index (χ1n) is 8.51. The second kappa shape index (κ2) is 6.20. The summed E-state index contributed by atoms with van der Waals surface area (Å²) in [6, 6.07) is 7.20. The van der Waals surface area contributed by atoms with Crippen LogP contribution in [-0.2, 0) is 7.05 Å². The van der Waals surface area contributed by atoms with E-state index in [4.69, 9.17) is 0 Å². The molecule has 1 amide bonds. The molecule has 0 radical (unpaired) electrons. The number of aliphatic hydroxyl groups excluding tert-OH is 2. The van der Waals surface area contributed by atoms with Crippen LogP contribution in [0.1, 0.15) is 23.2 Å². The summed E-state index contributed by atoms with van der Waals surface area (Å²) in [4.78, 5) is 16.0. The highest BCUT2D eigenvalue weighted by molar-refractivity contribution is 5.94. The van der Waals surface area contributed by atoms with Crippen LogP contribution in [0.15, 0.2) is 24.3 Å². The van der Waals surface area contributed by atoms with Gasteiger partial charge in [-0.15, -0.1) is 10.2 Å². The first-order chi connectivity index (χ1) is 12.0. The number of benzene rings is 1. The number of amides is 1. The molecule has 1 saturated heterocycles. The van der Waals surface area contributed by atoms with Gasteiger partial charge in [0.1, 0.15) is 0 Å². The van der Waals surface area contributed by atoms with E-state index >= 15 is 0 Å². The molecule has 4 atom stereocenters. The third-order valence-corrected chi connectivity index (χ3v) is 5.29. The Morgan fingerprint density at radius 3 is 2.20 bits per heavy atom. The lowest BCUT2D eigenvalue weighted by atomic mass is 9.79. The highest BCUT2D eigenvalue weighted by Gasteiger charge is 2.42. The first kappa shape index (κ1) is 16.2. The second-order valence-corrected chi connectivity index (χ2v) is 7.02. The molecule has 8 nitrogen and oxygen atoms in total. The number of carbonyl (C=O) groups is 1. The molecule has 132 valence electrons. The number of aromatic nitrogens is 4. The van der Waals surface area contributed by atoms with Crippen molar-refractivity contribution in [3.8, 4) is 11.4 Å². The molecule has 1 aromatic carbocycles. The van der Waals surface area contributed by atoms with Crippen molar-refractivity contribution < 1.29 is 15.0 Å². The van der Waals surface area contributed by atoms with Crippen LogP contribution in [0.4, 0.5) is 0 Å². The van der Waals surface area contributed by atoms with Crippen LogP contribution >= 0.6 is 0 Å². The van der Waals surface area contributed by atoms with Crippen LogP contribution in [0.5, 0.6) is 0 Å². The van der Waals surface area contributed by atoms with Crippen LogP contribution in [0.2, 0.25) is 0 Å². The first-order valence-corrected chi connectivity index (χ1v) is 8.51. The maximum Gasteiger partial charge on any atom is 0.253 e. The number of nitrogens with zero attached hydrogens (tertiary/aromatic N) is 5. The largest absolute Gasteiger partial charge is 0.390 e. The van der Waals surface area contributed by atoms with Gasteiger partial charge in [-0.2, -0.15) is 4.80 Å². The van der Waals surface area contributed by atoms with Crippen LogP contribution in [-0.4, -0.2) is 66.5 Å². The molecule has 25 heavy (non-hydrogen) atoms. The molecule has 2 fully saturated rings. The molecule has 2 aliphatic rings. The van der Waals surface area contributed by atoms with Crippen molar-refractivity contribution in [1.29, 1.82) is 0 Å². The van der Waals surface area contributed by atoms with Gasteiger partial charge in [-0.3, -0.25) is 4.79 Å². The van der Waals surface area contributed by atoms with E-state index in [1.54, 1.807) is 19.2 Å². The van der Waals surface area contributed by atoms with Gasteiger partial charge in [-0.25, -0.2) is 0 Å². The third kappa shape index (κ3) is 3.03. The molecule has 2 aromatic rings. The molecule has 2 N–H and O–H groups in total. The summed E-state index contributed by atoms with van der Waals surface area (Å²) in [5, 5.41) is 31.6. The highest BCUT2D eigenvalue weighted by atomic mass is 16.3. The smallest absolute Gasteiger partial charge is 0.253 e. The Labute approximate surface area is 145 Å². The Balaban J connectivity index is 1.46. The molecular weight excluding hydrogens is 322 g/mol. The van der Waals surface area contributed by atoms with Crippen molar-refractivity contribution >= 4 is 5.91 Å². The molecule has 0 spiro atoms. The van der Waals surface area contributed by atoms with E-state index in [0.29, 0.717) is 37.3 Å². The summed E-state index contributed by atoms with van der Waals surface area (Å²) >= 11 is 0. The number of aliphatic hydroxyl groups is 2. The molecule has 1 aliphatic carbocycles. The summed E-state index contributed by atoms with van der Waals surface area (Å²) in [6.45, 7) is 1.28. The van der Waals surface area contributed by atoms with Crippen molar-refractivity contribution in [2.75, 3.05) is 13.1 Å². The van der Waals surface area contributed by atoms with E-state index in [0.717, 1.165) is 5.56 Å². The molecule has 1 aromatic heterocycles. The van der Waals surface area contributed by atoms with Crippen LogP contribution in [0, 0.1) is 11.8 Å². The fourth-order valence-electron chi connectivity index (χ4n) is 3.92. The minimum atomic E-state index is -0.671. The van der Waals surface area contributed by atoms with E-state index in [2.05, 4.69) is 15.4 Å². The maximum absolute atomic E-state index is 12.8. The van der Waals surface area contributed by atoms with Crippen molar-refractivity contribution in [2.45, 2.75) is 25.0 Å². The van der Waals surface area contributed by atoms with Crippen LogP contribution in [0.25, 0.3) is 11.4 Å². The Morgan fingerprint density at radius 2 is 1.68 bits per heavy atom. The number of tetrazole rings is 1. The number of rotatable bonds is 2. The average molecular weight is 343 g/mol. The topological polar surface area (TPSA) is 104 Å². The average Bonchev–Trinajstić information content (AvgIpc) is 3.21. The molecule has 0 unspecified atom stereocenters. The zero-order chi connectivity index (χ0) is 17.6. The Morgan fingerprint density at radius 1 is 1.08 bits per heavy atom. The van der Waals surface area contributed by atoms with E-state index in [1.807, 2.05) is 17.0 Å². The highest BCUT2D eigenvalue weighted by Crippen LogP contribution is 2.37. The van der Waals surface area contributed by atoms with E-state index < -0.39 is 12.2 Å². The summed E-state index contributed by atoms with van der Waals surface area (Å²) in [7, 11) is 1.70. The molecular formula is C17H21N5O3. The third-order valence-electron chi connectivity index (χ3n) is 5.29. The van der Waals surface area contributed by atoms with Crippen molar-refractivity contribution in [2.24, 2.45) is 18.9 Å². The van der Waals surface area contributed by atoms with Crippen molar-refractivity contribution in [3.05, 3.63) is 29.8 Å². The van der Waals surface area contributed by atoms with Gasteiger partial charge >= 0.3 is 0 Å². The number of likely N-dealkylation sites (tertiary alicyclic amines) is 1. The minimum absolute atomic E-state index is 0.0166. The van der Waals surface area contributed by atoms with Gasteiger partial charge in [0.05, 0.1) is 19.3 Å². The SMILES string of the molecule is Cn1nnc(-c2ccc(C(=O)N3C[C@H]4C[C@H](O)[C@H](O)C[C@H]4C3)cc2)n1. The van der Waals surface area contributed by atoms with Gasteiger partial charge in [0.25, 0.3) is 5.91 Å². The number of carbonyl (C=O) groups excluding carboxylic acids is 1. The van der Waals surface area contributed by atoms with Gasteiger partial charge in [0, 0.05) is 24.2 Å². The lowest BCUT2D eigenvalue weighted by Crippen LogP contribution is -2.38. The summed E-state index contributed by atoms with van der Waals surface area (Å²) < 4.78 is 0. The Bertz CT molecular complexity index is 757. The number of aryl methyl sites for hydroxylation is 1. The fraction of sp³-hybridized carbons (Fsp3) is 0.529. The molecule has 4 rings (SSSR count). The summed E-state index contributed by atoms with van der Waals surface area (Å²) in [6.07, 6.45) is -0.218. The predicted molar refractivity (Wildman–Crippen MR) is 88.4 cm³/mol. The van der Waals surface area contributed by atoms with Crippen molar-refractivity contribution in [3.63, 3.8) is 0 Å². The normalized spacial score (nSPS) is 28.8. The van der Waals surface area contributed by atoms with Crippen LogP contribution in [0.3, 0.4) is 0 Å². The molecule has 2 heterocycles. The molecule has 1 aliphatic heterocycles. The standard InChI is InChI=1S/C17H21N5O3/c1-21-19-16(18-20-21)10-2-4-11(5-3-10)17(25)22-8-12-6-14(23)15(24)7-13(12)9-22/h2-5,12-15,23-24H,6-9H2,1H3/t12-,13+,14+,15-. The quantitative estimate of drug-likeness (QED) is 0.800. The lowest BCUT2D eigenvalue weighted by molar-refractivity contribution is -0.0372. The zero-order valence-electron chi connectivity index (χ0n) is 14.0. The number of hydrogen-bond donors (Lipinski definition) is 2. The number of hydrogen-bond acceptors (Lipinski definition) is 6. The second-order valence-electron chi connectivity index (χ2n) is 7.02. The van der Waals surface area contributed by atoms with E-state index in [9.17, 15) is 15.0 Å². The molecule has 8 heteroatoms. The number of fused-ring (bicyclic) bond motifs is 1. The van der Waals surface area contributed by atoms with Gasteiger partial charge in [-0.1, -0.05) is 12.1 Å². The zero-order valence-corrected chi connectivity index (χ0v) is 14.0. The molecule has 1 saturated carbocycles. The summed E-state index contributed by atoms with van der Waals surface area (Å²) in [5.41, 5.74) is 1.43. The molecule has 0 bridgehead atoms. The van der Waals surface area contributed by atoms with Crippen molar-refractivity contribution in [1.82, 2.24) is 25.1 Å². The van der Waals surface area contributed by atoms with Gasteiger partial charge in [0.2, 0.25) is 5.82 Å². The van der Waals surface area contributed by atoms with E-state index in [1.165, 1.54) is 4.80 Å². The Kier molecular flexibility index (Phi) is 4.01. The van der Waals surface area contributed by atoms with Gasteiger partial charge in [0.15, 0.2) is 0 Å². The lowest BCUT2D eigenvalue weighted by Gasteiger charge is -2.31. The minimum Gasteiger partial charge on any atom is -0.390 e. The van der Waals surface area contributed by atoms with Crippen LogP contribution < -0.4 is 0 Å². The van der Waals surface area contributed by atoms with Gasteiger partial charge in [-0.05, 0) is 42.0 Å². The predicted octanol–water partition coefficient (Wildman–Crippen LogP) is 0.0809. The van der Waals surface area contributed by atoms with Gasteiger partial charge < -0.3 is 15.1 Å². The summed E-state index contributed by atoms with van der Waals surface area (Å²) in [5.74, 6) is 1.05. The van der Waals surface area contributed by atoms with E-state index in [-0.39, 0.29) is 17.7 Å². The fourth-order valence-corrected chi connectivity index (χ4v) is 3.92.